The molecule has 0 spiro atoms. The molecule has 0 saturated carbocycles. The summed E-state index contributed by atoms with van der Waals surface area (Å²) >= 11 is 7.77. The second-order valence-corrected chi connectivity index (χ2v) is 4.13. The third-order valence-corrected chi connectivity index (χ3v) is 2.64. The maximum absolute atomic E-state index is 12.4. The number of hydrogen-bond donors (Lipinski definition) is 1. The Hall–Kier alpha value is -0.820. The topological polar surface area (TPSA) is 28.7 Å². The van der Waals surface area contributed by atoms with E-state index in [-0.39, 0.29) is 15.1 Å². The summed E-state index contributed by atoms with van der Waals surface area (Å²) in [7, 11) is 0. The molecule has 2 aromatic rings. The first-order valence-electron chi connectivity index (χ1n) is 3.81. The third kappa shape index (κ3) is 1.93. The summed E-state index contributed by atoms with van der Waals surface area (Å²) in [4.78, 5) is 6.47. The third-order valence-electron chi connectivity index (χ3n) is 1.85. The second kappa shape index (κ2) is 3.34. The Bertz CT molecular complexity index is 520. The summed E-state index contributed by atoms with van der Waals surface area (Å²) in [6.45, 7) is 0. The van der Waals surface area contributed by atoms with Crippen LogP contribution in [0.5, 0.6) is 0 Å². The molecule has 2 nitrogen and oxygen atoms in total. The highest BCUT2D eigenvalue weighted by Crippen LogP contribution is 2.34. The van der Waals surface area contributed by atoms with Gasteiger partial charge < -0.3 is 17.6 Å². The van der Waals surface area contributed by atoms with Crippen LogP contribution >= 0.6 is 15.9 Å². The average Bonchev–Trinajstić information content (AvgIpc) is 2.44. The van der Waals surface area contributed by atoms with Crippen LogP contribution < -0.4 is 0 Å². The average molecular weight is 296 g/mol. The Balaban J connectivity index is 2.72. The van der Waals surface area contributed by atoms with E-state index < -0.39 is 11.7 Å². The van der Waals surface area contributed by atoms with Crippen LogP contribution in [0.1, 0.15) is 5.56 Å². The number of fused-ring (bicyclic) bond motifs is 1. The molecule has 0 bridgehead atoms. The molecule has 0 aliphatic carbocycles. The van der Waals surface area contributed by atoms with E-state index in [0.717, 1.165) is 12.1 Å². The largest absolute Gasteiger partial charge is 0.742 e. The molecule has 80 valence electrons. The molecule has 0 aliphatic rings. The van der Waals surface area contributed by atoms with Gasteiger partial charge in [-0.15, -0.1) is 0 Å². The molecule has 1 aromatic heterocycles. The number of alkyl halides is 3. The number of hydrogen-bond acceptors (Lipinski definition) is 2. The van der Waals surface area contributed by atoms with Crippen LogP contribution in [-0.4, -0.2) is 9.97 Å². The van der Waals surface area contributed by atoms with Crippen molar-refractivity contribution in [2.24, 2.45) is 0 Å². The van der Waals surface area contributed by atoms with Crippen LogP contribution in [0.15, 0.2) is 21.8 Å². The fraction of sp³-hybridized carbons (Fsp3) is 0.125. The smallest absolute Gasteiger partial charge is 0.416 e. The molecule has 0 radical (unpaired) electrons. The lowest BCUT2D eigenvalue weighted by atomic mass is 10.2. The Labute approximate surface area is 96.4 Å². The van der Waals surface area contributed by atoms with Crippen molar-refractivity contribution in [3.63, 3.8) is 0 Å². The van der Waals surface area contributed by atoms with E-state index >= 15 is 0 Å². The summed E-state index contributed by atoms with van der Waals surface area (Å²) < 4.78 is 37.5. The second-order valence-electron chi connectivity index (χ2n) is 2.89. The highest BCUT2D eigenvalue weighted by atomic mass is 79.9. The van der Waals surface area contributed by atoms with Crippen LogP contribution in [0, 0.1) is 0 Å². The molecule has 0 unspecified atom stereocenters. The van der Waals surface area contributed by atoms with Gasteiger partial charge in [0.05, 0.1) is 11.1 Å². The molecule has 15 heavy (non-hydrogen) atoms. The van der Waals surface area contributed by atoms with Crippen molar-refractivity contribution in [2.45, 2.75) is 11.3 Å². The fourth-order valence-corrected chi connectivity index (χ4v) is 1.97. The maximum atomic E-state index is 12.4. The monoisotopic (exact) mass is 295 g/mol. The van der Waals surface area contributed by atoms with Crippen molar-refractivity contribution in [2.75, 3.05) is 0 Å². The molecule has 0 fully saturated rings. The molecule has 0 atom stereocenters. The van der Waals surface area contributed by atoms with Gasteiger partial charge in [-0.3, -0.25) is 4.98 Å². The number of aromatic amines is 1. The molecule has 0 aliphatic heterocycles. The Morgan fingerprint density at radius 2 is 2.00 bits per heavy atom. The Kier molecular flexibility index (Phi) is 2.38. The summed E-state index contributed by atoms with van der Waals surface area (Å²) in [5.41, 5.74) is -0.0461. The van der Waals surface area contributed by atoms with Crippen LogP contribution in [0.2, 0.25) is 0 Å². The van der Waals surface area contributed by atoms with Gasteiger partial charge >= 0.3 is 6.18 Å². The van der Waals surface area contributed by atoms with Gasteiger partial charge in [0.15, 0.2) is 0 Å². The van der Waals surface area contributed by atoms with Gasteiger partial charge in [0.1, 0.15) is 5.52 Å². The lowest BCUT2D eigenvalue weighted by Crippen LogP contribution is -2.04. The minimum atomic E-state index is -4.37. The minimum absolute atomic E-state index is 0.171. The van der Waals surface area contributed by atoms with Crippen LogP contribution in [-0.2, 0) is 18.8 Å². The maximum Gasteiger partial charge on any atom is 0.416 e. The molecular weight excluding hydrogens is 293 g/mol. The molecule has 1 N–H and O–H groups in total. The van der Waals surface area contributed by atoms with Crippen LogP contribution in [0.4, 0.5) is 13.2 Å². The Morgan fingerprint density at radius 1 is 1.33 bits per heavy atom. The predicted octanol–water partition coefficient (Wildman–Crippen LogP) is 3.25. The highest BCUT2D eigenvalue weighted by Gasteiger charge is 2.31. The van der Waals surface area contributed by atoms with Crippen molar-refractivity contribution in [3.05, 3.63) is 22.2 Å². The van der Waals surface area contributed by atoms with Gasteiger partial charge in [0.25, 0.3) is 0 Å². The number of benzene rings is 1. The van der Waals surface area contributed by atoms with Gasteiger partial charge in [0.2, 0.25) is 0 Å². The fourth-order valence-electron chi connectivity index (χ4n) is 1.22. The first-order chi connectivity index (χ1) is 6.88. The SMILES string of the molecule is FC(F)(F)c1cc(Br)c2nc([S-])[nH]c2c1. The summed E-state index contributed by atoms with van der Waals surface area (Å²) in [5.74, 6) is 0. The van der Waals surface area contributed by atoms with Crippen molar-refractivity contribution in [1.82, 2.24) is 9.97 Å². The number of aromatic nitrogens is 2. The predicted molar refractivity (Wildman–Crippen MR) is 54.4 cm³/mol. The zero-order valence-corrected chi connectivity index (χ0v) is 9.42. The van der Waals surface area contributed by atoms with E-state index in [1.807, 2.05) is 0 Å². The number of nitrogens with one attached hydrogen (secondary N) is 1. The summed E-state index contributed by atoms with van der Waals surface area (Å²) in [6.07, 6.45) is -4.37. The van der Waals surface area contributed by atoms with Gasteiger partial charge in [-0.05, 0) is 33.2 Å². The molecule has 7 heteroatoms. The molecule has 2 rings (SSSR count). The van der Waals surface area contributed by atoms with E-state index in [4.69, 9.17) is 12.6 Å². The minimum Gasteiger partial charge on any atom is -0.742 e. The van der Waals surface area contributed by atoms with E-state index in [9.17, 15) is 13.2 Å². The zero-order chi connectivity index (χ0) is 11.2. The standard InChI is InChI=1S/C8H4BrF3N2S/c9-4-1-3(8(10,11)12)2-5-6(4)14-7(15)13-5/h1-2H,(H2,13,14,15)/p-1. The van der Waals surface area contributed by atoms with Gasteiger partial charge in [-0.1, -0.05) is 0 Å². The van der Waals surface area contributed by atoms with E-state index in [2.05, 4.69) is 25.9 Å². The summed E-state index contributed by atoms with van der Waals surface area (Å²) in [6, 6.07) is 1.97. The molecule has 0 amide bonds. The van der Waals surface area contributed by atoms with Crippen molar-refractivity contribution < 1.29 is 13.2 Å². The van der Waals surface area contributed by atoms with Crippen molar-refractivity contribution in [1.29, 1.82) is 0 Å². The number of rotatable bonds is 0. The number of imidazole rings is 1. The molecule has 1 heterocycles. The van der Waals surface area contributed by atoms with Crippen molar-refractivity contribution >= 4 is 39.6 Å². The molecular formula is C8H3BrF3N2S-. The van der Waals surface area contributed by atoms with E-state index in [1.54, 1.807) is 0 Å². The number of halogens is 4. The van der Waals surface area contributed by atoms with Crippen LogP contribution in [0.25, 0.3) is 11.0 Å². The normalized spacial score (nSPS) is 12.3. The molecule has 1 aromatic carbocycles. The lowest BCUT2D eigenvalue weighted by Gasteiger charge is -2.06. The number of nitrogens with zero attached hydrogens (tertiary/aromatic N) is 1. The highest BCUT2D eigenvalue weighted by molar-refractivity contribution is 9.10. The van der Waals surface area contributed by atoms with Crippen molar-refractivity contribution in [3.8, 4) is 0 Å². The van der Waals surface area contributed by atoms with E-state index in [0.29, 0.717) is 5.52 Å². The summed E-state index contributed by atoms with van der Waals surface area (Å²) in [5, 5.41) is 0.171. The van der Waals surface area contributed by atoms with Gasteiger partial charge in [-0.25, -0.2) is 0 Å². The van der Waals surface area contributed by atoms with E-state index in [1.165, 1.54) is 0 Å². The zero-order valence-electron chi connectivity index (χ0n) is 7.02. The lowest BCUT2D eigenvalue weighted by molar-refractivity contribution is -0.137. The quantitative estimate of drug-likeness (QED) is 0.756. The first-order valence-corrected chi connectivity index (χ1v) is 5.01. The van der Waals surface area contributed by atoms with Crippen LogP contribution in [0.3, 0.4) is 0 Å². The molecule has 0 saturated heterocycles. The van der Waals surface area contributed by atoms with Gasteiger partial charge in [0, 0.05) is 4.47 Å². The first kappa shape index (κ1) is 10.7. The Morgan fingerprint density at radius 3 is 2.60 bits per heavy atom. The number of H-pyrrole nitrogens is 1. The van der Waals surface area contributed by atoms with Gasteiger partial charge in [-0.2, -0.15) is 13.2 Å².